The number of aromatic amines is 1. The summed E-state index contributed by atoms with van der Waals surface area (Å²) in [6.07, 6.45) is 2.77. The molecule has 108 valence electrons. The van der Waals surface area contributed by atoms with Gasteiger partial charge in [0.2, 0.25) is 0 Å². The number of allylic oxidation sites excluding steroid dienone is 1. The third kappa shape index (κ3) is 3.08. The molecule has 0 radical (unpaired) electrons. The molecule has 0 aliphatic rings. The van der Waals surface area contributed by atoms with Crippen LogP contribution < -0.4 is 5.11 Å². The van der Waals surface area contributed by atoms with E-state index >= 15 is 0 Å². The van der Waals surface area contributed by atoms with Gasteiger partial charge < -0.3 is 14.9 Å². The smallest absolute Gasteiger partial charge is 0.187 e. The van der Waals surface area contributed by atoms with Crippen LogP contribution in [-0.4, -0.2) is 16.7 Å². The van der Waals surface area contributed by atoms with Gasteiger partial charge in [0.05, 0.1) is 11.7 Å². The Morgan fingerprint density at radius 2 is 2.00 bits per heavy atom. The Morgan fingerprint density at radius 1 is 1.29 bits per heavy atom. The number of ketones is 1. The maximum atomic E-state index is 13.0. The van der Waals surface area contributed by atoms with Crippen molar-refractivity contribution in [2.45, 2.75) is 13.8 Å². The molecule has 21 heavy (non-hydrogen) atoms. The quantitative estimate of drug-likeness (QED) is 0.690. The van der Waals surface area contributed by atoms with E-state index in [2.05, 4.69) is 4.98 Å². The van der Waals surface area contributed by atoms with Gasteiger partial charge in [-0.2, -0.15) is 0 Å². The Bertz CT molecular complexity index is 744. The highest BCUT2D eigenvalue weighted by Crippen LogP contribution is 2.19. The molecule has 0 aliphatic heterocycles. The van der Waals surface area contributed by atoms with Crippen LogP contribution in [0.2, 0.25) is 0 Å². The van der Waals surface area contributed by atoms with E-state index in [1.165, 1.54) is 31.2 Å². The van der Waals surface area contributed by atoms with Gasteiger partial charge in [-0.1, -0.05) is 18.2 Å². The number of benzene rings is 1. The summed E-state index contributed by atoms with van der Waals surface area (Å²) in [4.78, 5) is 25.7. The number of aromatic nitrogens is 1. The summed E-state index contributed by atoms with van der Waals surface area (Å²) in [6.45, 7) is 3.15. The van der Waals surface area contributed by atoms with Crippen molar-refractivity contribution in [2.24, 2.45) is 0 Å². The normalized spacial score (nSPS) is 11.0. The van der Waals surface area contributed by atoms with Crippen LogP contribution in [0.5, 0.6) is 0 Å². The maximum absolute atomic E-state index is 13.0. The molecule has 0 unspecified atom stereocenters. The molecule has 5 heteroatoms. The highest BCUT2D eigenvalue weighted by molar-refractivity contribution is 6.10. The molecule has 1 aromatic heterocycles. The van der Waals surface area contributed by atoms with Crippen LogP contribution in [0.15, 0.2) is 30.3 Å². The van der Waals surface area contributed by atoms with E-state index in [1.807, 2.05) is 0 Å². The minimum atomic E-state index is -1.36. The molecule has 2 aromatic rings. The Labute approximate surface area is 120 Å². The zero-order chi connectivity index (χ0) is 15.6. The predicted octanol–water partition coefficient (Wildman–Crippen LogP) is 2.03. The second-order valence-electron chi connectivity index (χ2n) is 4.67. The first-order valence-electron chi connectivity index (χ1n) is 6.28. The van der Waals surface area contributed by atoms with Crippen molar-refractivity contribution in [2.75, 3.05) is 0 Å². The van der Waals surface area contributed by atoms with Crippen molar-refractivity contribution in [1.29, 1.82) is 0 Å². The summed E-state index contributed by atoms with van der Waals surface area (Å²) >= 11 is 0. The Hall–Kier alpha value is -2.69. The van der Waals surface area contributed by atoms with Gasteiger partial charge in [-0.15, -0.1) is 0 Å². The first-order chi connectivity index (χ1) is 9.90. The first kappa shape index (κ1) is 14.7. The Kier molecular flexibility index (Phi) is 4.03. The number of hydrogen-bond acceptors (Lipinski definition) is 3. The van der Waals surface area contributed by atoms with Crippen molar-refractivity contribution in [1.82, 2.24) is 4.98 Å². The van der Waals surface area contributed by atoms with Crippen LogP contribution in [0.25, 0.3) is 6.08 Å². The molecular formula is C16H13FNO3-. The molecule has 0 saturated carbocycles. The highest BCUT2D eigenvalue weighted by atomic mass is 19.1. The van der Waals surface area contributed by atoms with Crippen molar-refractivity contribution in [3.8, 4) is 0 Å². The number of H-pyrrole nitrogens is 1. The molecule has 4 nitrogen and oxygen atoms in total. The number of carbonyl (C=O) groups excluding carboxylic acids is 2. The second kappa shape index (κ2) is 5.75. The molecule has 1 N–H and O–H groups in total. The van der Waals surface area contributed by atoms with Gasteiger partial charge in [0, 0.05) is 11.3 Å². The Balaban J connectivity index is 2.31. The van der Waals surface area contributed by atoms with Gasteiger partial charge in [0.25, 0.3) is 0 Å². The fraction of sp³-hybridized carbons (Fsp3) is 0.125. The maximum Gasteiger partial charge on any atom is 0.187 e. The van der Waals surface area contributed by atoms with Gasteiger partial charge in [-0.3, -0.25) is 4.79 Å². The molecule has 0 saturated heterocycles. The highest BCUT2D eigenvalue weighted by Gasteiger charge is 2.16. The summed E-state index contributed by atoms with van der Waals surface area (Å²) < 4.78 is 13.0. The van der Waals surface area contributed by atoms with E-state index < -0.39 is 11.8 Å². The molecule has 0 bridgehead atoms. The Morgan fingerprint density at radius 3 is 2.57 bits per heavy atom. The van der Waals surface area contributed by atoms with Crippen LogP contribution >= 0.6 is 0 Å². The van der Waals surface area contributed by atoms with Crippen molar-refractivity contribution in [3.63, 3.8) is 0 Å². The van der Waals surface area contributed by atoms with Crippen LogP contribution in [0, 0.1) is 19.7 Å². The molecule has 0 atom stereocenters. The summed E-state index contributed by atoms with van der Waals surface area (Å²) in [6, 6.07) is 5.82. The summed E-state index contributed by atoms with van der Waals surface area (Å²) in [5.74, 6) is -2.10. The molecular weight excluding hydrogens is 273 g/mol. The number of hydrogen-bond donors (Lipinski definition) is 1. The number of rotatable bonds is 4. The van der Waals surface area contributed by atoms with Crippen LogP contribution in [0.1, 0.15) is 37.7 Å². The van der Waals surface area contributed by atoms with Gasteiger partial charge in [0.1, 0.15) is 5.82 Å². The predicted molar refractivity (Wildman–Crippen MR) is 74.4 cm³/mol. The number of carbonyl (C=O) groups is 2. The van der Waals surface area contributed by atoms with E-state index in [1.54, 1.807) is 19.1 Å². The zero-order valence-corrected chi connectivity index (χ0v) is 11.6. The zero-order valence-electron chi connectivity index (χ0n) is 11.6. The number of carboxylic acids is 1. The largest absolute Gasteiger partial charge is 0.543 e. The SMILES string of the molecule is Cc1[nH]c(C(=O)[O-])c(C)c1C(=O)/C=C/c1cccc(F)c1. The van der Waals surface area contributed by atoms with E-state index in [0.717, 1.165) is 0 Å². The average molecular weight is 286 g/mol. The number of aromatic carboxylic acids is 1. The summed E-state index contributed by atoms with van der Waals surface area (Å²) in [5, 5.41) is 10.9. The molecule has 0 aliphatic carbocycles. The number of halogens is 1. The lowest BCUT2D eigenvalue weighted by atomic mass is 10.0. The lowest BCUT2D eigenvalue weighted by Crippen LogP contribution is -2.23. The third-order valence-electron chi connectivity index (χ3n) is 3.16. The molecule has 1 heterocycles. The minimum Gasteiger partial charge on any atom is -0.543 e. The second-order valence-corrected chi connectivity index (χ2v) is 4.67. The van der Waals surface area contributed by atoms with E-state index in [0.29, 0.717) is 22.4 Å². The molecule has 0 amide bonds. The van der Waals surface area contributed by atoms with Crippen LogP contribution in [0.3, 0.4) is 0 Å². The fourth-order valence-electron chi connectivity index (χ4n) is 2.19. The lowest BCUT2D eigenvalue weighted by Gasteiger charge is -2.00. The molecule has 2 rings (SSSR count). The molecule has 1 aromatic carbocycles. The van der Waals surface area contributed by atoms with Gasteiger partial charge in [-0.05, 0) is 43.2 Å². The minimum absolute atomic E-state index is 0.102. The summed E-state index contributed by atoms with van der Waals surface area (Å²) in [7, 11) is 0. The molecule has 0 spiro atoms. The molecule has 0 fully saturated rings. The number of aryl methyl sites for hydroxylation is 1. The van der Waals surface area contributed by atoms with Crippen LogP contribution in [0.4, 0.5) is 4.39 Å². The van der Waals surface area contributed by atoms with Crippen molar-refractivity contribution in [3.05, 3.63) is 64.2 Å². The fourth-order valence-corrected chi connectivity index (χ4v) is 2.19. The van der Waals surface area contributed by atoms with E-state index in [4.69, 9.17) is 0 Å². The monoisotopic (exact) mass is 286 g/mol. The average Bonchev–Trinajstić information content (AvgIpc) is 2.72. The van der Waals surface area contributed by atoms with Crippen molar-refractivity contribution >= 4 is 17.8 Å². The van der Waals surface area contributed by atoms with Gasteiger partial charge in [0.15, 0.2) is 5.78 Å². The van der Waals surface area contributed by atoms with Crippen molar-refractivity contribution < 1.29 is 19.1 Å². The van der Waals surface area contributed by atoms with Gasteiger partial charge in [-0.25, -0.2) is 4.39 Å². The number of carboxylic acid groups (broad SMARTS) is 1. The standard InChI is InChI=1S/C16H14FNO3/c1-9-14(10(2)18-15(9)16(20)21)13(19)7-6-11-4-3-5-12(17)8-11/h3-8,18H,1-2H3,(H,20,21)/p-1/b7-6+. The lowest BCUT2D eigenvalue weighted by molar-refractivity contribution is -0.255. The van der Waals surface area contributed by atoms with E-state index in [9.17, 15) is 19.1 Å². The number of nitrogens with one attached hydrogen (secondary N) is 1. The van der Waals surface area contributed by atoms with Crippen LogP contribution in [-0.2, 0) is 0 Å². The van der Waals surface area contributed by atoms with E-state index in [-0.39, 0.29) is 11.5 Å². The third-order valence-corrected chi connectivity index (χ3v) is 3.16. The van der Waals surface area contributed by atoms with Gasteiger partial charge >= 0.3 is 0 Å². The topological polar surface area (TPSA) is 73.0 Å². The summed E-state index contributed by atoms with van der Waals surface area (Å²) in [5.41, 5.74) is 1.54. The first-order valence-corrected chi connectivity index (χ1v) is 6.28.